The number of amides is 2. The van der Waals surface area contributed by atoms with Crippen molar-refractivity contribution in [2.75, 3.05) is 18.4 Å². The molecule has 1 heterocycles. The predicted octanol–water partition coefficient (Wildman–Crippen LogP) is 4.95. The van der Waals surface area contributed by atoms with Crippen LogP contribution in [0.1, 0.15) is 55.3 Å². The van der Waals surface area contributed by atoms with Crippen molar-refractivity contribution in [1.82, 2.24) is 4.90 Å². The van der Waals surface area contributed by atoms with Crippen LogP contribution in [0.15, 0.2) is 48.5 Å². The molecule has 2 aromatic carbocycles. The molecule has 0 radical (unpaired) electrons. The smallest absolute Gasteiger partial charge is 0.415 e. The maximum absolute atomic E-state index is 12.5. The van der Waals surface area contributed by atoms with E-state index in [4.69, 9.17) is 14.6 Å². The molecule has 2 aliphatic rings. The van der Waals surface area contributed by atoms with Crippen LogP contribution < -0.4 is 14.8 Å². The first-order valence-corrected chi connectivity index (χ1v) is 11.9. The fourth-order valence-electron chi connectivity index (χ4n) is 4.41. The van der Waals surface area contributed by atoms with Gasteiger partial charge in [-0.2, -0.15) is 0 Å². The van der Waals surface area contributed by atoms with Gasteiger partial charge in [0.2, 0.25) is 5.91 Å². The van der Waals surface area contributed by atoms with Gasteiger partial charge < -0.3 is 24.8 Å². The van der Waals surface area contributed by atoms with Gasteiger partial charge in [0.15, 0.2) is 0 Å². The quantitative estimate of drug-likeness (QED) is 0.624. The minimum Gasteiger partial charge on any atom is -0.490 e. The lowest BCUT2D eigenvalue weighted by Gasteiger charge is -2.31. The molecule has 0 unspecified atom stereocenters. The lowest BCUT2D eigenvalue weighted by molar-refractivity contribution is -0.120. The van der Waals surface area contributed by atoms with Gasteiger partial charge in [-0.15, -0.1) is 0 Å². The zero-order valence-electron chi connectivity index (χ0n) is 19.1. The van der Waals surface area contributed by atoms with Crippen LogP contribution in [0.2, 0.25) is 0 Å². The highest BCUT2D eigenvalue weighted by molar-refractivity contribution is 5.92. The van der Waals surface area contributed by atoms with E-state index in [1.165, 1.54) is 18.6 Å². The van der Waals surface area contributed by atoms with E-state index in [0.29, 0.717) is 43.1 Å². The molecule has 8 nitrogen and oxygen atoms in total. The number of nitrogens with zero attached hydrogens (tertiary/aromatic N) is 1. The molecule has 2 aromatic rings. The van der Waals surface area contributed by atoms with Gasteiger partial charge in [-0.3, -0.25) is 4.79 Å². The summed E-state index contributed by atoms with van der Waals surface area (Å²) in [6, 6.07) is 13.2. The van der Waals surface area contributed by atoms with Crippen LogP contribution in [-0.2, 0) is 4.79 Å². The molecule has 0 aromatic heterocycles. The Kier molecular flexibility index (Phi) is 7.67. The van der Waals surface area contributed by atoms with Gasteiger partial charge in [-0.25, -0.2) is 9.59 Å². The Morgan fingerprint density at radius 1 is 0.824 bits per heavy atom. The van der Waals surface area contributed by atoms with Crippen molar-refractivity contribution in [2.45, 2.75) is 51.0 Å². The van der Waals surface area contributed by atoms with Gasteiger partial charge in [0, 0.05) is 37.5 Å². The topological polar surface area (TPSA) is 105 Å². The van der Waals surface area contributed by atoms with Gasteiger partial charge in [0.25, 0.3) is 0 Å². The van der Waals surface area contributed by atoms with E-state index in [9.17, 15) is 14.4 Å². The molecule has 1 aliphatic carbocycles. The maximum Gasteiger partial charge on any atom is 0.415 e. The summed E-state index contributed by atoms with van der Waals surface area (Å²) in [5.74, 6) is 0.214. The zero-order valence-corrected chi connectivity index (χ0v) is 19.1. The Morgan fingerprint density at radius 2 is 1.44 bits per heavy atom. The Bertz CT molecular complexity index is 991. The van der Waals surface area contributed by atoms with Crippen LogP contribution in [0.4, 0.5) is 10.5 Å². The highest BCUT2D eigenvalue weighted by atomic mass is 16.6. The molecule has 180 valence electrons. The van der Waals surface area contributed by atoms with Crippen molar-refractivity contribution in [3.05, 3.63) is 54.1 Å². The number of carboxylic acid groups (broad SMARTS) is 1. The van der Waals surface area contributed by atoms with Crippen molar-refractivity contribution in [2.24, 2.45) is 5.92 Å². The summed E-state index contributed by atoms with van der Waals surface area (Å²) in [7, 11) is 0. The molecule has 2 N–H and O–H groups in total. The first-order valence-electron chi connectivity index (χ1n) is 11.9. The van der Waals surface area contributed by atoms with Crippen molar-refractivity contribution in [3.63, 3.8) is 0 Å². The molecule has 1 saturated heterocycles. The highest BCUT2D eigenvalue weighted by Crippen LogP contribution is 2.26. The molecule has 1 aliphatic heterocycles. The zero-order chi connectivity index (χ0) is 23.9. The Labute approximate surface area is 198 Å². The Morgan fingerprint density at radius 3 is 2.06 bits per heavy atom. The number of hydrogen-bond acceptors (Lipinski definition) is 5. The maximum atomic E-state index is 12.5. The molecule has 8 heteroatoms. The minimum absolute atomic E-state index is 0.0493. The van der Waals surface area contributed by atoms with Crippen LogP contribution >= 0.6 is 0 Å². The molecular formula is C26H30N2O6. The first-order chi connectivity index (χ1) is 16.5. The van der Waals surface area contributed by atoms with E-state index in [1.54, 1.807) is 41.3 Å². The molecular weight excluding hydrogens is 436 g/mol. The minimum atomic E-state index is -0.975. The average molecular weight is 467 g/mol. The number of nitrogens with one attached hydrogen (secondary N) is 1. The predicted molar refractivity (Wildman–Crippen MR) is 126 cm³/mol. The van der Waals surface area contributed by atoms with Crippen LogP contribution in [0.25, 0.3) is 0 Å². The van der Waals surface area contributed by atoms with Crippen LogP contribution in [-0.4, -0.2) is 47.2 Å². The van der Waals surface area contributed by atoms with E-state index < -0.39 is 12.1 Å². The molecule has 0 spiro atoms. The van der Waals surface area contributed by atoms with E-state index in [2.05, 4.69) is 5.32 Å². The Balaban J connectivity index is 1.21. The van der Waals surface area contributed by atoms with Gasteiger partial charge in [0.05, 0.1) is 5.56 Å². The van der Waals surface area contributed by atoms with Gasteiger partial charge >= 0.3 is 12.1 Å². The van der Waals surface area contributed by atoms with Crippen LogP contribution in [0.5, 0.6) is 11.5 Å². The molecule has 2 amide bonds. The number of carbonyl (C=O) groups excluding carboxylic acids is 2. The normalized spacial score (nSPS) is 17.1. The lowest BCUT2D eigenvalue weighted by atomic mass is 9.88. The third-order valence-corrected chi connectivity index (χ3v) is 6.41. The standard InChI is InChI=1S/C26H30N2O6/c29-24(18-4-2-1-3-5-18)27-20-8-12-22(13-9-20)34-26(32)28-16-14-23(15-17-28)33-21-10-6-19(7-11-21)25(30)31/h6-13,18,23H,1-5,14-17H2,(H,27,29)(H,30,31). The highest BCUT2D eigenvalue weighted by Gasteiger charge is 2.25. The summed E-state index contributed by atoms with van der Waals surface area (Å²) in [5, 5.41) is 11.9. The fourth-order valence-corrected chi connectivity index (χ4v) is 4.41. The Hall–Kier alpha value is -3.55. The number of hydrogen-bond donors (Lipinski definition) is 2. The molecule has 34 heavy (non-hydrogen) atoms. The number of likely N-dealkylation sites (tertiary alicyclic amines) is 1. The van der Waals surface area contributed by atoms with E-state index in [1.807, 2.05) is 0 Å². The summed E-state index contributed by atoms with van der Waals surface area (Å²) in [4.78, 5) is 37.5. The number of carboxylic acids is 1. The second-order valence-corrected chi connectivity index (χ2v) is 8.85. The molecule has 0 bridgehead atoms. The number of piperidine rings is 1. The monoisotopic (exact) mass is 466 g/mol. The lowest BCUT2D eigenvalue weighted by Crippen LogP contribution is -2.43. The average Bonchev–Trinajstić information content (AvgIpc) is 2.86. The van der Waals surface area contributed by atoms with Gasteiger partial charge in [-0.05, 0) is 61.4 Å². The van der Waals surface area contributed by atoms with Crippen LogP contribution in [0.3, 0.4) is 0 Å². The van der Waals surface area contributed by atoms with E-state index in [-0.39, 0.29) is 23.5 Å². The molecule has 1 saturated carbocycles. The summed E-state index contributed by atoms with van der Waals surface area (Å²) >= 11 is 0. The third kappa shape index (κ3) is 6.27. The SMILES string of the molecule is O=C(O)c1ccc(OC2CCN(C(=O)Oc3ccc(NC(=O)C4CCCCC4)cc3)CC2)cc1. The summed E-state index contributed by atoms with van der Waals surface area (Å²) in [5.41, 5.74) is 0.911. The summed E-state index contributed by atoms with van der Waals surface area (Å²) in [6.07, 6.45) is 6.16. The number of aromatic carboxylic acids is 1. The van der Waals surface area contributed by atoms with Crippen molar-refractivity contribution in [3.8, 4) is 11.5 Å². The first kappa shape index (κ1) is 23.6. The number of benzene rings is 2. The number of carbonyl (C=O) groups is 3. The number of ether oxygens (including phenoxy) is 2. The fraction of sp³-hybridized carbons (Fsp3) is 0.423. The number of rotatable bonds is 6. The van der Waals surface area contributed by atoms with Gasteiger partial charge in [-0.1, -0.05) is 19.3 Å². The molecule has 2 fully saturated rings. The van der Waals surface area contributed by atoms with Crippen LogP contribution in [0, 0.1) is 5.92 Å². The largest absolute Gasteiger partial charge is 0.490 e. The van der Waals surface area contributed by atoms with Crippen molar-refractivity contribution in [1.29, 1.82) is 0 Å². The second kappa shape index (κ2) is 11.0. The third-order valence-electron chi connectivity index (χ3n) is 6.41. The van der Waals surface area contributed by atoms with E-state index >= 15 is 0 Å². The molecule has 4 rings (SSSR count). The van der Waals surface area contributed by atoms with Crippen molar-refractivity contribution >= 4 is 23.7 Å². The summed E-state index contributed by atoms with van der Waals surface area (Å²) < 4.78 is 11.4. The van der Waals surface area contributed by atoms with Gasteiger partial charge in [0.1, 0.15) is 17.6 Å². The second-order valence-electron chi connectivity index (χ2n) is 8.85. The number of anilines is 1. The van der Waals surface area contributed by atoms with Crippen molar-refractivity contribution < 1.29 is 29.0 Å². The molecule has 0 atom stereocenters. The summed E-state index contributed by atoms with van der Waals surface area (Å²) in [6.45, 7) is 1.01. The van der Waals surface area contributed by atoms with E-state index in [0.717, 1.165) is 25.7 Å².